The maximum atomic E-state index is 11.9. The molecular formula is C15H21ClN2O3. The van der Waals surface area contributed by atoms with Gasteiger partial charge in [0.1, 0.15) is 11.5 Å². The lowest BCUT2D eigenvalue weighted by Crippen LogP contribution is -2.40. The van der Waals surface area contributed by atoms with Crippen molar-refractivity contribution < 1.29 is 14.3 Å². The van der Waals surface area contributed by atoms with Gasteiger partial charge >= 0.3 is 6.09 Å². The van der Waals surface area contributed by atoms with Crippen molar-refractivity contribution in [3.05, 3.63) is 30.3 Å². The summed E-state index contributed by atoms with van der Waals surface area (Å²) in [5.74, 6) is -0.324. The molecule has 0 fully saturated rings. The van der Waals surface area contributed by atoms with E-state index in [2.05, 4.69) is 5.32 Å². The first-order valence-electron chi connectivity index (χ1n) is 6.71. The van der Waals surface area contributed by atoms with Gasteiger partial charge in [0.05, 0.1) is 0 Å². The van der Waals surface area contributed by atoms with Crippen molar-refractivity contribution in [3.63, 3.8) is 0 Å². The van der Waals surface area contributed by atoms with Gasteiger partial charge in [-0.3, -0.25) is 4.79 Å². The van der Waals surface area contributed by atoms with E-state index >= 15 is 0 Å². The van der Waals surface area contributed by atoms with Gasteiger partial charge < -0.3 is 15.0 Å². The minimum Gasteiger partial charge on any atom is -0.444 e. The third-order valence-electron chi connectivity index (χ3n) is 2.49. The topological polar surface area (TPSA) is 58.6 Å². The number of carbonyl (C=O) groups is 2. The number of nitrogens with zero attached hydrogens (tertiary/aromatic N) is 1. The number of alkyl halides is 1. The Balaban J connectivity index is 2.56. The normalized spacial score (nSPS) is 10.9. The summed E-state index contributed by atoms with van der Waals surface area (Å²) in [6.45, 7) is 5.99. The Labute approximate surface area is 130 Å². The van der Waals surface area contributed by atoms with Gasteiger partial charge in [-0.1, -0.05) is 18.2 Å². The van der Waals surface area contributed by atoms with Crippen molar-refractivity contribution in [2.45, 2.75) is 26.4 Å². The number of ether oxygens (including phenoxy) is 1. The average Bonchev–Trinajstić information content (AvgIpc) is 2.42. The summed E-state index contributed by atoms with van der Waals surface area (Å²) in [6.07, 6.45) is -0.506. The number of carbonyl (C=O) groups excluding carboxylic acids is 2. The van der Waals surface area contributed by atoms with Crippen LogP contribution in [-0.4, -0.2) is 36.6 Å². The number of benzene rings is 1. The molecule has 0 atom stereocenters. The van der Waals surface area contributed by atoms with Gasteiger partial charge in [0.15, 0.2) is 0 Å². The standard InChI is InChI=1S/C15H21ClN2O3/c1-15(2,3)21-14(20)17-9-10-18(13(19)11-16)12-7-5-4-6-8-12/h4-8H,9-11H2,1-3H3,(H,17,20). The molecule has 116 valence electrons. The first-order valence-corrected chi connectivity index (χ1v) is 7.25. The SMILES string of the molecule is CC(C)(C)OC(=O)NCCN(C(=O)CCl)c1ccccc1. The summed E-state index contributed by atoms with van der Waals surface area (Å²) in [5, 5.41) is 2.62. The third kappa shape index (κ3) is 6.49. The fourth-order valence-electron chi connectivity index (χ4n) is 1.66. The minimum absolute atomic E-state index is 0.110. The highest BCUT2D eigenvalue weighted by Gasteiger charge is 2.17. The largest absolute Gasteiger partial charge is 0.444 e. The Kier molecular flexibility index (Phi) is 6.49. The molecule has 1 aromatic rings. The molecule has 0 aliphatic carbocycles. The van der Waals surface area contributed by atoms with E-state index in [1.54, 1.807) is 20.8 Å². The van der Waals surface area contributed by atoms with Crippen molar-refractivity contribution in [3.8, 4) is 0 Å². The average molecular weight is 313 g/mol. The first-order chi connectivity index (χ1) is 9.83. The van der Waals surface area contributed by atoms with Crippen LogP contribution in [0.1, 0.15) is 20.8 Å². The van der Waals surface area contributed by atoms with Crippen LogP contribution >= 0.6 is 11.6 Å². The number of nitrogens with one attached hydrogen (secondary N) is 1. The predicted molar refractivity (Wildman–Crippen MR) is 83.8 cm³/mol. The number of hydrogen-bond donors (Lipinski definition) is 1. The second-order valence-electron chi connectivity index (χ2n) is 5.44. The van der Waals surface area contributed by atoms with E-state index in [0.29, 0.717) is 6.54 Å². The van der Waals surface area contributed by atoms with Crippen LogP contribution in [-0.2, 0) is 9.53 Å². The second kappa shape index (κ2) is 7.88. The molecule has 0 bridgehead atoms. The van der Waals surface area contributed by atoms with E-state index < -0.39 is 11.7 Å². The molecule has 0 saturated heterocycles. The molecule has 21 heavy (non-hydrogen) atoms. The van der Waals surface area contributed by atoms with Crippen molar-refractivity contribution in [2.75, 3.05) is 23.9 Å². The van der Waals surface area contributed by atoms with Gasteiger partial charge in [0.25, 0.3) is 0 Å². The predicted octanol–water partition coefficient (Wildman–Crippen LogP) is 2.78. The molecule has 0 spiro atoms. The Morgan fingerprint density at radius 1 is 1.24 bits per heavy atom. The monoisotopic (exact) mass is 312 g/mol. The summed E-state index contributed by atoms with van der Waals surface area (Å²) >= 11 is 5.62. The highest BCUT2D eigenvalue weighted by Crippen LogP contribution is 2.13. The fraction of sp³-hybridized carbons (Fsp3) is 0.467. The third-order valence-corrected chi connectivity index (χ3v) is 2.72. The van der Waals surface area contributed by atoms with Gasteiger partial charge in [-0.05, 0) is 32.9 Å². The van der Waals surface area contributed by atoms with E-state index in [-0.39, 0.29) is 18.3 Å². The number of anilines is 1. The van der Waals surface area contributed by atoms with Crippen LogP contribution < -0.4 is 10.2 Å². The molecule has 1 aromatic carbocycles. The molecule has 5 nitrogen and oxygen atoms in total. The first kappa shape index (κ1) is 17.3. The Morgan fingerprint density at radius 3 is 2.38 bits per heavy atom. The molecular weight excluding hydrogens is 292 g/mol. The maximum absolute atomic E-state index is 11.9. The van der Waals surface area contributed by atoms with Crippen LogP contribution in [0.25, 0.3) is 0 Å². The Bertz CT molecular complexity index is 472. The molecule has 0 heterocycles. The lowest BCUT2D eigenvalue weighted by Gasteiger charge is -2.23. The van der Waals surface area contributed by atoms with Crippen molar-refractivity contribution in [2.24, 2.45) is 0 Å². The molecule has 2 amide bonds. The summed E-state index contributed by atoms with van der Waals surface area (Å²) in [4.78, 5) is 25.0. The van der Waals surface area contributed by atoms with Gasteiger partial charge in [0, 0.05) is 18.8 Å². The number of para-hydroxylation sites is 1. The summed E-state index contributed by atoms with van der Waals surface area (Å²) in [7, 11) is 0. The van der Waals surface area contributed by atoms with E-state index in [1.807, 2.05) is 30.3 Å². The van der Waals surface area contributed by atoms with Crippen LogP contribution in [0.15, 0.2) is 30.3 Å². The number of halogens is 1. The lowest BCUT2D eigenvalue weighted by atomic mass is 10.2. The fourth-order valence-corrected chi connectivity index (χ4v) is 1.81. The zero-order valence-corrected chi connectivity index (χ0v) is 13.3. The van der Waals surface area contributed by atoms with Crippen LogP contribution in [0, 0.1) is 0 Å². The van der Waals surface area contributed by atoms with Crippen LogP contribution in [0.5, 0.6) is 0 Å². The summed E-state index contributed by atoms with van der Waals surface area (Å²) in [6, 6.07) is 9.18. The van der Waals surface area contributed by atoms with Crippen molar-refractivity contribution in [1.82, 2.24) is 5.32 Å². The van der Waals surface area contributed by atoms with E-state index in [9.17, 15) is 9.59 Å². The van der Waals surface area contributed by atoms with Gasteiger partial charge in [-0.15, -0.1) is 11.6 Å². The van der Waals surface area contributed by atoms with Gasteiger partial charge in [0.2, 0.25) is 5.91 Å². The van der Waals surface area contributed by atoms with E-state index in [1.165, 1.54) is 4.90 Å². The molecule has 0 saturated carbocycles. The Hall–Kier alpha value is -1.75. The minimum atomic E-state index is -0.546. The summed E-state index contributed by atoms with van der Waals surface area (Å²) in [5.41, 5.74) is 0.198. The number of hydrogen-bond acceptors (Lipinski definition) is 3. The molecule has 0 aromatic heterocycles. The Morgan fingerprint density at radius 2 is 1.86 bits per heavy atom. The van der Waals surface area contributed by atoms with Crippen molar-refractivity contribution >= 4 is 29.3 Å². The maximum Gasteiger partial charge on any atom is 0.407 e. The molecule has 0 aliphatic rings. The zero-order chi connectivity index (χ0) is 15.9. The molecule has 6 heteroatoms. The number of amides is 2. The van der Waals surface area contributed by atoms with Gasteiger partial charge in [-0.25, -0.2) is 4.79 Å². The highest BCUT2D eigenvalue weighted by molar-refractivity contribution is 6.29. The van der Waals surface area contributed by atoms with Crippen LogP contribution in [0.2, 0.25) is 0 Å². The van der Waals surface area contributed by atoms with Crippen molar-refractivity contribution in [1.29, 1.82) is 0 Å². The molecule has 1 N–H and O–H groups in total. The van der Waals surface area contributed by atoms with E-state index in [0.717, 1.165) is 5.69 Å². The smallest absolute Gasteiger partial charge is 0.407 e. The lowest BCUT2D eigenvalue weighted by molar-refractivity contribution is -0.116. The van der Waals surface area contributed by atoms with E-state index in [4.69, 9.17) is 16.3 Å². The molecule has 0 unspecified atom stereocenters. The van der Waals surface area contributed by atoms with Crippen LogP contribution in [0.3, 0.4) is 0 Å². The summed E-state index contributed by atoms with van der Waals surface area (Å²) < 4.78 is 5.13. The number of rotatable bonds is 5. The highest BCUT2D eigenvalue weighted by atomic mass is 35.5. The van der Waals surface area contributed by atoms with Gasteiger partial charge in [-0.2, -0.15) is 0 Å². The quantitative estimate of drug-likeness (QED) is 0.851. The molecule has 0 aliphatic heterocycles. The number of alkyl carbamates (subject to hydrolysis) is 1. The molecule has 1 rings (SSSR count). The van der Waals surface area contributed by atoms with Crippen LogP contribution in [0.4, 0.5) is 10.5 Å². The zero-order valence-electron chi connectivity index (χ0n) is 12.6. The molecule has 0 radical (unpaired) electrons. The second-order valence-corrected chi connectivity index (χ2v) is 5.71.